The fourth-order valence-electron chi connectivity index (χ4n) is 3.77. The number of aromatic nitrogens is 1. The number of ether oxygens (including phenoxy) is 1. The van der Waals surface area contributed by atoms with Gasteiger partial charge in [0.2, 0.25) is 0 Å². The van der Waals surface area contributed by atoms with Crippen molar-refractivity contribution in [3.05, 3.63) is 107 Å². The monoisotopic (exact) mass is 602 g/mol. The van der Waals surface area contributed by atoms with Gasteiger partial charge in [0.05, 0.1) is 18.5 Å². The molecule has 1 heterocycles. The van der Waals surface area contributed by atoms with Gasteiger partial charge in [-0.25, -0.2) is 14.8 Å². The molecule has 0 aliphatic heterocycles. The predicted molar refractivity (Wildman–Crippen MR) is 162 cm³/mol. The van der Waals surface area contributed by atoms with Gasteiger partial charge >= 0.3 is 16.4 Å². The topological polar surface area (TPSA) is 147 Å². The van der Waals surface area contributed by atoms with Crippen LogP contribution >= 0.6 is 11.3 Å². The lowest BCUT2D eigenvalue weighted by Gasteiger charge is -2.12. The predicted octanol–water partition coefficient (Wildman–Crippen LogP) is 4.72. The molecular weight excluding hydrogens is 576 g/mol. The summed E-state index contributed by atoms with van der Waals surface area (Å²) in [6.45, 7) is 0. The van der Waals surface area contributed by atoms with Crippen molar-refractivity contribution in [2.24, 2.45) is 4.99 Å². The number of thiazole rings is 1. The van der Waals surface area contributed by atoms with Crippen molar-refractivity contribution in [3.63, 3.8) is 0 Å². The van der Waals surface area contributed by atoms with Crippen LogP contribution in [-0.2, 0) is 26.3 Å². The van der Waals surface area contributed by atoms with E-state index in [1.165, 1.54) is 36.8 Å². The van der Waals surface area contributed by atoms with Gasteiger partial charge in [-0.3, -0.25) is 19.4 Å². The van der Waals surface area contributed by atoms with Crippen LogP contribution < -0.4 is 10.0 Å². The zero-order chi connectivity index (χ0) is 30.0. The van der Waals surface area contributed by atoms with Gasteiger partial charge in [0, 0.05) is 28.6 Å². The molecule has 12 heteroatoms. The van der Waals surface area contributed by atoms with Crippen LogP contribution in [0.1, 0.15) is 22.7 Å². The SMILES string of the molecule is COC(=O)NC(C#Cc1ccccc1)C(=O)/N=C/C(Cc1ccc(NS(=O)(=O)O)cc1)c1csc(-c2ccccc2)n1. The summed E-state index contributed by atoms with van der Waals surface area (Å²) in [7, 11) is -3.22. The van der Waals surface area contributed by atoms with Gasteiger partial charge in [-0.2, -0.15) is 8.42 Å². The van der Waals surface area contributed by atoms with E-state index in [4.69, 9.17) is 9.54 Å². The van der Waals surface area contributed by atoms with Crippen molar-refractivity contribution in [2.45, 2.75) is 18.4 Å². The Bertz CT molecular complexity index is 1710. The summed E-state index contributed by atoms with van der Waals surface area (Å²) in [5.74, 6) is 4.47. The molecule has 3 aromatic carbocycles. The van der Waals surface area contributed by atoms with Gasteiger partial charge in [-0.15, -0.1) is 11.3 Å². The zero-order valence-corrected chi connectivity index (χ0v) is 23.9. The number of hydrogen-bond donors (Lipinski definition) is 3. The first-order chi connectivity index (χ1) is 20.2. The van der Waals surface area contributed by atoms with E-state index in [0.717, 1.165) is 16.1 Å². The summed E-state index contributed by atoms with van der Waals surface area (Å²) in [5.41, 5.74) is 3.26. The number of carbonyl (C=O) groups is 2. The van der Waals surface area contributed by atoms with Gasteiger partial charge < -0.3 is 4.74 Å². The third-order valence-corrected chi connectivity index (χ3v) is 7.19. The number of amides is 2. The third-order valence-electron chi connectivity index (χ3n) is 5.79. The Morgan fingerprint density at radius 3 is 2.36 bits per heavy atom. The molecule has 2 amide bonds. The average molecular weight is 603 g/mol. The molecule has 2 atom stereocenters. The number of carbonyl (C=O) groups excluding carboxylic acids is 2. The normalized spacial score (nSPS) is 12.5. The van der Waals surface area contributed by atoms with Crippen molar-refractivity contribution in [1.82, 2.24) is 10.3 Å². The largest absolute Gasteiger partial charge is 0.453 e. The summed E-state index contributed by atoms with van der Waals surface area (Å²) in [5, 5.41) is 5.09. The van der Waals surface area contributed by atoms with Gasteiger partial charge in [-0.1, -0.05) is 72.5 Å². The summed E-state index contributed by atoms with van der Waals surface area (Å²) >= 11 is 1.45. The molecule has 4 aromatic rings. The highest BCUT2D eigenvalue weighted by Crippen LogP contribution is 2.28. The Balaban J connectivity index is 1.61. The van der Waals surface area contributed by atoms with E-state index in [1.54, 1.807) is 36.4 Å². The number of nitrogens with zero attached hydrogens (tertiary/aromatic N) is 2. The van der Waals surface area contributed by atoms with E-state index in [-0.39, 0.29) is 5.69 Å². The molecule has 2 unspecified atom stereocenters. The molecule has 3 N–H and O–H groups in total. The molecule has 0 saturated carbocycles. The summed E-state index contributed by atoms with van der Waals surface area (Å²) in [4.78, 5) is 34.0. The number of benzene rings is 3. The van der Waals surface area contributed by atoms with Crippen LogP contribution in [0.4, 0.5) is 10.5 Å². The standard InChI is InChI=1S/C30H26N4O6S2/c1-40-30(36)33-26(17-14-21-8-4-2-5-9-21)28(35)31-19-24(18-22-12-15-25(16-13-22)34-42(37,38)39)27-20-41-29(32-27)23-10-6-3-7-11-23/h2-13,15-16,19-20,24,26,34H,18H2,1H3,(H,33,36)(H,37,38,39)/b31-19+. The number of nitrogens with one attached hydrogen (secondary N) is 2. The van der Waals surface area contributed by atoms with Crippen LogP contribution in [0.3, 0.4) is 0 Å². The van der Waals surface area contributed by atoms with Crippen LogP contribution in [0.15, 0.2) is 95.3 Å². The van der Waals surface area contributed by atoms with E-state index in [1.807, 2.05) is 46.5 Å². The molecule has 0 fully saturated rings. The molecule has 1 aromatic heterocycles. The first-order valence-electron chi connectivity index (χ1n) is 12.5. The Labute approximate surface area is 247 Å². The highest BCUT2D eigenvalue weighted by Gasteiger charge is 2.20. The minimum atomic E-state index is -4.41. The molecule has 0 saturated heterocycles. The van der Waals surface area contributed by atoms with Gasteiger partial charge in [-0.05, 0) is 36.2 Å². The fraction of sp³-hybridized carbons (Fsp3) is 0.133. The number of methoxy groups -OCH3 is 1. The van der Waals surface area contributed by atoms with Crippen molar-refractivity contribution in [3.8, 4) is 22.4 Å². The van der Waals surface area contributed by atoms with Crippen LogP contribution in [-0.4, -0.2) is 49.3 Å². The number of aliphatic imine (C=N–C) groups is 1. The van der Waals surface area contributed by atoms with Crippen molar-refractivity contribution in [2.75, 3.05) is 11.8 Å². The maximum Gasteiger partial charge on any atom is 0.408 e. The maximum atomic E-state index is 13.1. The van der Waals surface area contributed by atoms with E-state index >= 15 is 0 Å². The molecule has 42 heavy (non-hydrogen) atoms. The van der Waals surface area contributed by atoms with Gasteiger partial charge in [0.15, 0.2) is 6.04 Å². The lowest BCUT2D eigenvalue weighted by molar-refractivity contribution is -0.118. The zero-order valence-electron chi connectivity index (χ0n) is 22.3. The lowest BCUT2D eigenvalue weighted by Crippen LogP contribution is -2.39. The van der Waals surface area contributed by atoms with Crippen LogP contribution in [0.2, 0.25) is 0 Å². The molecule has 0 aliphatic carbocycles. The Morgan fingerprint density at radius 2 is 1.71 bits per heavy atom. The highest BCUT2D eigenvalue weighted by molar-refractivity contribution is 7.87. The van der Waals surface area contributed by atoms with Crippen molar-refractivity contribution >= 4 is 45.5 Å². The Hall–Kier alpha value is -4.83. The first kappa shape index (κ1) is 30.1. The van der Waals surface area contributed by atoms with Gasteiger partial charge in [0.25, 0.3) is 5.91 Å². The van der Waals surface area contributed by atoms with E-state index < -0.39 is 34.3 Å². The quantitative estimate of drug-likeness (QED) is 0.143. The lowest BCUT2D eigenvalue weighted by atomic mass is 9.97. The maximum absolute atomic E-state index is 13.1. The summed E-state index contributed by atoms with van der Waals surface area (Å²) < 4.78 is 37.9. The second-order valence-electron chi connectivity index (χ2n) is 8.85. The molecule has 0 radical (unpaired) electrons. The second kappa shape index (κ2) is 14.2. The Kier molecular flexibility index (Phi) is 10.2. The molecule has 10 nitrogen and oxygen atoms in total. The first-order valence-corrected chi connectivity index (χ1v) is 14.9. The smallest absolute Gasteiger partial charge is 0.408 e. The van der Waals surface area contributed by atoms with Crippen LogP contribution in [0.25, 0.3) is 10.6 Å². The number of rotatable bonds is 9. The third kappa shape index (κ3) is 9.10. The number of hydrogen-bond acceptors (Lipinski definition) is 7. The highest BCUT2D eigenvalue weighted by atomic mass is 32.2. The molecular formula is C30H26N4O6S2. The van der Waals surface area contributed by atoms with E-state index in [9.17, 15) is 18.0 Å². The summed E-state index contributed by atoms with van der Waals surface area (Å²) in [6.07, 6.45) is 1.01. The van der Waals surface area contributed by atoms with Crippen molar-refractivity contribution < 1.29 is 27.3 Å². The van der Waals surface area contributed by atoms with E-state index in [2.05, 4.69) is 26.9 Å². The average Bonchev–Trinajstić information content (AvgIpc) is 3.48. The Morgan fingerprint density at radius 1 is 1.05 bits per heavy atom. The molecule has 0 spiro atoms. The summed E-state index contributed by atoms with van der Waals surface area (Å²) in [6, 6.07) is 23.8. The van der Waals surface area contributed by atoms with Gasteiger partial charge in [0.1, 0.15) is 5.01 Å². The number of alkyl carbamates (subject to hydrolysis) is 1. The fourth-order valence-corrected chi connectivity index (χ4v) is 5.09. The minimum absolute atomic E-state index is 0.190. The molecule has 4 rings (SSSR count). The van der Waals surface area contributed by atoms with Crippen LogP contribution in [0, 0.1) is 11.8 Å². The minimum Gasteiger partial charge on any atom is -0.453 e. The van der Waals surface area contributed by atoms with E-state index in [0.29, 0.717) is 17.7 Å². The second-order valence-corrected chi connectivity index (χ2v) is 10.9. The van der Waals surface area contributed by atoms with Crippen LogP contribution in [0.5, 0.6) is 0 Å². The molecule has 0 aliphatic rings. The molecule has 214 valence electrons. The number of anilines is 1. The molecule has 0 bridgehead atoms. The van der Waals surface area contributed by atoms with Crippen molar-refractivity contribution in [1.29, 1.82) is 0 Å².